The molecule has 4 aliphatic rings. The van der Waals surface area contributed by atoms with E-state index in [4.69, 9.17) is 10.5 Å². The molecule has 0 radical (unpaired) electrons. The SMILES string of the molecule is CCn1cc(-c2cc(N)c(OC)cc2N2CCC(CN3CCN(c4ccc5c(c4)C(=O)N(C4CCC(=O)NC4=O)C5=O)CC3)CC2)cn1. The topological polar surface area (TPSA) is 146 Å². The second-order valence-corrected chi connectivity index (χ2v) is 13.1. The Morgan fingerprint density at radius 2 is 1.65 bits per heavy atom. The average Bonchev–Trinajstić information content (AvgIpc) is 3.68. The van der Waals surface area contributed by atoms with Gasteiger partial charge in [-0.15, -0.1) is 0 Å². The molecule has 2 aromatic carbocycles. The number of nitrogens with two attached hydrogens (primary N) is 1. The molecule has 1 unspecified atom stereocenters. The van der Waals surface area contributed by atoms with E-state index in [2.05, 4.69) is 44.3 Å². The molecule has 13 heteroatoms. The van der Waals surface area contributed by atoms with Crippen LogP contribution < -0.4 is 25.6 Å². The number of aromatic nitrogens is 2. The molecular weight excluding hydrogens is 612 g/mol. The Labute approximate surface area is 279 Å². The number of carbonyl (C=O) groups is 4. The molecule has 252 valence electrons. The number of nitrogen functional groups attached to an aromatic ring is 1. The van der Waals surface area contributed by atoms with Crippen molar-refractivity contribution in [1.82, 2.24) is 24.9 Å². The Bertz CT molecular complexity index is 1760. The molecule has 0 saturated carbocycles. The van der Waals surface area contributed by atoms with Crippen molar-refractivity contribution in [3.8, 4) is 16.9 Å². The molecular formula is C35H42N8O5. The van der Waals surface area contributed by atoms with E-state index in [-0.39, 0.29) is 18.7 Å². The zero-order chi connectivity index (χ0) is 33.5. The molecule has 13 nitrogen and oxygen atoms in total. The fourth-order valence-corrected chi connectivity index (χ4v) is 7.50. The van der Waals surface area contributed by atoms with Crippen LogP contribution in [0.1, 0.15) is 53.3 Å². The first-order chi connectivity index (χ1) is 23.2. The number of imide groups is 2. The van der Waals surface area contributed by atoms with Crippen molar-refractivity contribution in [2.24, 2.45) is 5.92 Å². The maximum atomic E-state index is 13.3. The molecule has 0 aliphatic carbocycles. The predicted octanol–water partition coefficient (Wildman–Crippen LogP) is 2.60. The zero-order valence-electron chi connectivity index (χ0n) is 27.5. The molecule has 4 aliphatic heterocycles. The summed E-state index contributed by atoms with van der Waals surface area (Å²) in [6, 6.07) is 8.45. The van der Waals surface area contributed by atoms with Crippen molar-refractivity contribution in [1.29, 1.82) is 0 Å². The minimum absolute atomic E-state index is 0.101. The normalized spacial score (nSPS) is 20.8. The molecule has 1 aromatic heterocycles. The quantitative estimate of drug-likeness (QED) is 0.275. The minimum Gasteiger partial charge on any atom is -0.495 e. The van der Waals surface area contributed by atoms with Crippen molar-refractivity contribution in [3.63, 3.8) is 0 Å². The minimum atomic E-state index is -0.962. The molecule has 7 rings (SSSR count). The number of hydrogen-bond acceptors (Lipinski definition) is 10. The van der Waals surface area contributed by atoms with Crippen LogP contribution >= 0.6 is 0 Å². The molecule has 0 spiro atoms. The number of hydrogen-bond donors (Lipinski definition) is 2. The van der Waals surface area contributed by atoms with Crippen LogP contribution in [0, 0.1) is 5.92 Å². The third kappa shape index (κ3) is 5.87. The van der Waals surface area contributed by atoms with E-state index in [0.29, 0.717) is 28.5 Å². The summed E-state index contributed by atoms with van der Waals surface area (Å²) < 4.78 is 7.51. The van der Waals surface area contributed by atoms with Gasteiger partial charge in [-0.2, -0.15) is 5.10 Å². The van der Waals surface area contributed by atoms with Crippen molar-refractivity contribution in [2.75, 3.05) is 68.5 Å². The van der Waals surface area contributed by atoms with Gasteiger partial charge in [0.15, 0.2) is 0 Å². The summed E-state index contributed by atoms with van der Waals surface area (Å²) in [5, 5.41) is 6.73. The highest BCUT2D eigenvalue weighted by molar-refractivity contribution is 6.23. The molecule has 3 N–H and O–H groups in total. The highest BCUT2D eigenvalue weighted by atomic mass is 16.5. The van der Waals surface area contributed by atoms with Crippen LogP contribution in [0.4, 0.5) is 17.1 Å². The number of aryl methyl sites for hydroxylation is 1. The smallest absolute Gasteiger partial charge is 0.262 e. The number of carbonyl (C=O) groups excluding carboxylic acids is 4. The number of benzene rings is 2. The zero-order valence-corrected chi connectivity index (χ0v) is 27.5. The summed E-state index contributed by atoms with van der Waals surface area (Å²) in [6.45, 7) is 9.27. The predicted molar refractivity (Wildman–Crippen MR) is 181 cm³/mol. The van der Waals surface area contributed by atoms with Gasteiger partial charge >= 0.3 is 0 Å². The number of methoxy groups -OCH3 is 1. The van der Waals surface area contributed by atoms with Gasteiger partial charge in [0.2, 0.25) is 11.8 Å². The number of rotatable bonds is 8. The van der Waals surface area contributed by atoms with Gasteiger partial charge < -0.3 is 20.3 Å². The van der Waals surface area contributed by atoms with E-state index in [1.54, 1.807) is 19.2 Å². The van der Waals surface area contributed by atoms with E-state index in [0.717, 1.165) is 92.6 Å². The summed E-state index contributed by atoms with van der Waals surface area (Å²) in [7, 11) is 1.65. The van der Waals surface area contributed by atoms with Crippen molar-refractivity contribution in [2.45, 2.75) is 45.2 Å². The van der Waals surface area contributed by atoms with E-state index in [1.807, 2.05) is 23.0 Å². The van der Waals surface area contributed by atoms with E-state index in [1.165, 1.54) is 0 Å². The first-order valence-corrected chi connectivity index (χ1v) is 16.8. The van der Waals surface area contributed by atoms with Crippen LogP contribution in [-0.4, -0.2) is 102 Å². The maximum Gasteiger partial charge on any atom is 0.262 e. The standard InChI is InChI=1S/C35H42N8O5/c1-3-42-21-23(19-37-42)26-17-28(36)31(48-2)18-30(26)41-10-8-22(9-11-41)20-39-12-14-40(15-13-39)24-4-5-25-27(16-24)35(47)43(34(25)46)29-6-7-32(44)38-33(29)45/h4-5,16-19,21-22,29H,3,6-15,20,36H2,1-2H3,(H,38,44,45). The third-order valence-corrected chi connectivity index (χ3v) is 10.2. The van der Waals surface area contributed by atoms with E-state index >= 15 is 0 Å². The van der Waals surface area contributed by atoms with Crippen LogP contribution in [0.3, 0.4) is 0 Å². The highest BCUT2D eigenvalue weighted by Crippen LogP contribution is 2.40. The van der Waals surface area contributed by atoms with Crippen molar-refractivity contribution in [3.05, 3.63) is 53.9 Å². The van der Waals surface area contributed by atoms with Gasteiger partial charge in [-0.25, -0.2) is 0 Å². The number of anilines is 3. The maximum absolute atomic E-state index is 13.3. The Balaban J connectivity index is 0.948. The number of piperidine rings is 2. The number of fused-ring (bicyclic) bond motifs is 1. The van der Waals surface area contributed by atoms with Crippen LogP contribution in [0.5, 0.6) is 5.75 Å². The lowest BCUT2D eigenvalue weighted by Crippen LogP contribution is -2.54. The van der Waals surface area contributed by atoms with Gasteiger partial charge in [0, 0.05) is 93.5 Å². The number of amides is 4. The van der Waals surface area contributed by atoms with Crippen LogP contribution in [0.2, 0.25) is 0 Å². The van der Waals surface area contributed by atoms with Gasteiger partial charge in [-0.05, 0) is 56.4 Å². The van der Waals surface area contributed by atoms with Crippen molar-refractivity contribution < 1.29 is 23.9 Å². The van der Waals surface area contributed by atoms with Crippen molar-refractivity contribution >= 4 is 40.7 Å². The largest absolute Gasteiger partial charge is 0.495 e. The number of nitrogens with one attached hydrogen (secondary N) is 1. The second kappa shape index (κ2) is 12.9. The molecule has 1 atom stereocenters. The van der Waals surface area contributed by atoms with Gasteiger partial charge in [-0.1, -0.05) is 0 Å². The summed E-state index contributed by atoms with van der Waals surface area (Å²) in [6.07, 6.45) is 6.39. The van der Waals surface area contributed by atoms with E-state index in [9.17, 15) is 19.2 Å². The average molecular weight is 655 g/mol. The summed E-state index contributed by atoms with van der Waals surface area (Å²) >= 11 is 0. The van der Waals surface area contributed by atoms with Gasteiger partial charge in [0.1, 0.15) is 11.8 Å². The Morgan fingerprint density at radius 3 is 2.33 bits per heavy atom. The highest BCUT2D eigenvalue weighted by Gasteiger charge is 2.44. The molecule has 48 heavy (non-hydrogen) atoms. The lowest BCUT2D eigenvalue weighted by molar-refractivity contribution is -0.136. The van der Waals surface area contributed by atoms with Gasteiger partial charge in [0.05, 0.1) is 30.1 Å². The number of ether oxygens (including phenoxy) is 1. The third-order valence-electron chi connectivity index (χ3n) is 10.2. The summed E-state index contributed by atoms with van der Waals surface area (Å²) in [4.78, 5) is 58.6. The molecule has 0 bridgehead atoms. The van der Waals surface area contributed by atoms with E-state index < -0.39 is 23.8 Å². The number of piperazine rings is 1. The molecule has 5 heterocycles. The summed E-state index contributed by atoms with van der Waals surface area (Å²) in [5.74, 6) is -0.662. The number of nitrogens with zero attached hydrogens (tertiary/aromatic N) is 6. The Morgan fingerprint density at radius 1 is 0.896 bits per heavy atom. The first-order valence-electron chi connectivity index (χ1n) is 16.8. The molecule has 3 saturated heterocycles. The summed E-state index contributed by atoms with van der Waals surface area (Å²) in [5.41, 5.74) is 11.7. The Hall–Kier alpha value is -4.91. The lowest BCUT2D eigenvalue weighted by Gasteiger charge is -2.40. The monoisotopic (exact) mass is 654 g/mol. The Kier molecular flexibility index (Phi) is 8.54. The van der Waals surface area contributed by atoms with Crippen LogP contribution in [0.25, 0.3) is 11.1 Å². The molecule has 4 amide bonds. The van der Waals surface area contributed by atoms with Crippen LogP contribution in [-0.2, 0) is 16.1 Å². The molecule has 3 fully saturated rings. The van der Waals surface area contributed by atoms with Gasteiger partial charge in [0.25, 0.3) is 11.8 Å². The lowest BCUT2D eigenvalue weighted by atomic mass is 9.94. The van der Waals surface area contributed by atoms with Gasteiger partial charge in [-0.3, -0.25) is 39.0 Å². The fourth-order valence-electron chi connectivity index (χ4n) is 7.50. The second-order valence-electron chi connectivity index (χ2n) is 13.1. The fraction of sp³-hybridized carbons (Fsp3) is 0.457. The first kappa shape index (κ1) is 31.7. The van der Waals surface area contributed by atoms with Crippen LogP contribution in [0.15, 0.2) is 42.7 Å². The molecule has 3 aromatic rings.